The number of nitrogens with zero attached hydrogens (tertiary/aromatic N) is 1. The minimum Gasteiger partial charge on any atom is -0.323 e. The summed E-state index contributed by atoms with van der Waals surface area (Å²) in [5.41, 5.74) is 8.90. The first-order valence-electron chi connectivity index (χ1n) is 7.49. The number of para-hydroxylation sites is 2. The third-order valence-electron chi connectivity index (χ3n) is 4.19. The summed E-state index contributed by atoms with van der Waals surface area (Å²) in [6, 6.07) is 21.0. The molecule has 2 aromatic rings. The number of anilines is 2. The van der Waals surface area contributed by atoms with Crippen LogP contribution in [0.15, 0.2) is 60.7 Å². The van der Waals surface area contributed by atoms with Crippen LogP contribution in [0.3, 0.4) is 0 Å². The van der Waals surface area contributed by atoms with Gasteiger partial charge in [0.1, 0.15) is 0 Å². The van der Waals surface area contributed by atoms with Crippen molar-refractivity contribution in [3.8, 4) is 0 Å². The fourth-order valence-corrected chi connectivity index (χ4v) is 3.21. The third kappa shape index (κ3) is 2.56. The van der Waals surface area contributed by atoms with Gasteiger partial charge in [-0.25, -0.2) is 0 Å². The summed E-state index contributed by atoms with van der Waals surface area (Å²) in [7, 11) is 0. The number of benzene rings is 2. The van der Waals surface area contributed by atoms with Gasteiger partial charge in [-0.1, -0.05) is 42.8 Å². The summed E-state index contributed by atoms with van der Waals surface area (Å²) >= 11 is 0. The highest BCUT2D eigenvalue weighted by Gasteiger charge is 2.35. The molecule has 0 aromatic heterocycles. The normalized spacial score (nSPS) is 17.6. The average Bonchev–Trinajstić information content (AvgIpc) is 2.50. The Hall–Kier alpha value is -1.80. The standard InChI is InChI=1S/C18H22N2/c19-18(14-8-3-9-15-18)20(16-10-4-1-5-11-16)17-12-6-2-7-13-17/h1-2,4-7,10-13H,3,8-9,14-15,19H2. The van der Waals surface area contributed by atoms with Gasteiger partial charge in [-0.05, 0) is 49.9 Å². The first kappa shape index (κ1) is 13.2. The highest BCUT2D eigenvalue weighted by Crippen LogP contribution is 2.38. The van der Waals surface area contributed by atoms with Gasteiger partial charge >= 0.3 is 0 Å². The number of nitrogens with two attached hydrogens (primary N) is 1. The van der Waals surface area contributed by atoms with Crippen LogP contribution >= 0.6 is 0 Å². The van der Waals surface area contributed by atoms with Crippen molar-refractivity contribution in [3.63, 3.8) is 0 Å². The van der Waals surface area contributed by atoms with Crippen LogP contribution in [-0.4, -0.2) is 5.66 Å². The highest BCUT2D eigenvalue weighted by molar-refractivity contribution is 5.65. The molecule has 1 aliphatic carbocycles. The van der Waals surface area contributed by atoms with E-state index >= 15 is 0 Å². The predicted octanol–water partition coefficient (Wildman–Crippen LogP) is 4.44. The van der Waals surface area contributed by atoms with Crippen molar-refractivity contribution in [3.05, 3.63) is 60.7 Å². The van der Waals surface area contributed by atoms with Gasteiger partial charge in [0.05, 0.1) is 5.66 Å². The van der Waals surface area contributed by atoms with Crippen molar-refractivity contribution in [2.75, 3.05) is 4.90 Å². The van der Waals surface area contributed by atoms with E-state index in [2.05, 4.69) is 65.6 Å². The molecule has 0 aliphatic heterocycles. The van der Waals surface area contributed by atoms with Crippen LogP contribution in [0.4, 0.5) is 11.4 Å². The highest BCUT2D eigenvalue weighted by atomic mass is 15.3. The SMILES string of the molecule is NC1(N(c2ccccc2)c2ccccc2)CCCCC1. The molecule has 0 saturated heterocycles. The Balaban J connectivity index is 2.04. The monoisotopic (exact) mass is 266 g/mol. The molecule has 1 fully saturated rings. The van der Waals surface area contributed by atoms with Crippen LogP contribution in [0.5, 0.6) is 0 Å². The molecule has 0 amide bonds. The first-order chi connectivity index (χ1) is 9.80. The van der Waals surface area contributed by atoms with Crippen LogP contribution in [0, 0.1) is 0 Å². The van der Waals surface area contributed by atoms with E-state index in [-0.39, 0.29) is 5.66 Å². The number of hydrogen-bond acceptors (Lipinski definition) is 2. The average molecular weight is 266 g/mol. The molecular weight excluding hydrogens is 244 g/mol. The maximum Gasteiger partial charge on any atom is 0.0932 e. The van der Waals surface area contributed by atoms with Crippen molar-refractivity contribution in [2.24, 2.45) is 5.73 Å². The lowest BCUT2D eigenvalue weighted by molar-refractivity contribution is 0.302. The maximum absolute atomic E-state index is 6.79. The topological polar surface area (TPSA) is 29.3 Å². The van der Waals surface area contributed by atoms with E-state index in [0.29, 0.717) is 0 Å². The molecular formula is C18H22N2. The Bertz CT molecular complexity index is 490. The van der Waals surface area contributed by atoms with Crippen molar-refractivity contribution < 1.29 is 0 Å². The quantitative estimate of drug-likeness (QED) is 0.832. The third-order valence-corrected chi connectivity index (χ3v) is 4.19. The van der Waals surface area contributed by atoms with Crippen LogP contribution < -0.4 is 10.6 Å². The lowest BCUT2D eigenvalue weighted by Gasteiger charge is -2.45. The van der Waals surface area contributed by atoms with Crippen molar-refractivity contribution >= 4 is 11.4 Å². The van der Waals surface area contributed by atoms with Crippen molar-refractivity contribution in [2.45, 2.75) is 37.8 Å². The molecule has 2 aromatic carbocycles. The lowest BCUT2D eigenvalue weighted by atomic mass is 9.87. The van der Waals surface area contributed by atoms with Gasteiger partial charge in [0.15, 0.2) is 0 Å². The van der Waals surface area contributed by atoms with E-state index in [4.69, 9.17) is 5.73 Å². The molecule has 0 unspecified atom stereocenters. The molecule has 0 atom stereocenters. The number of hydrogen-bond donors (Lipinski definition) is 1. The van der Waals surface area contributed by atoms with E-state index in [1.807, 2.05) is 0 Å². The Labute approximate surface area is 121 Å². The predicted molar refractivity (Wildman–Crippen MR) is 85.0 cm³/mol. The Morgan fingerprint density at radius 3 is 1.60 bits per heavy atom. The second kappa shape index (κ2) is 5.68. The number of rotatable bonds is 3. The Kier molecular flexibility index (Phi) is 3.75. The minimum atomic E-state index is -0.263. The zero-order valence-electron chi connectivity index (χ0n) is 11.8. The van der Waals surface area contributed by atoms with Crippen LogP contribution in [0.2, 0.25) is 0 Å². The molecule has 2 N–H and O–H groups in total. The molecule has 3 rings (SSSR count). The van der Waals surface area contributed by atoms with Gasteiger partial charge < -0.3 is 10.6 Å². The fourth-order valence-electron chi connectivity index (χ4n) is 3.21. The molecule has 1 aliphatic rings. The molecule has 1 saturated carbocycles. The molecule has 0 spiro atoms. The molecule has 0 radical (unpaired) electrons. The molecule has 2 nitrogen and oxygen atoms in total. The van der Waals surface area contributed by atoms with Crippen LogP contribution in [0.25, 0.3) is 0 Å². The summed E-state index contributed by atoms with van der Waals surface area (Å²) in [5.74, 6) is 0. The van der Waals surface area contributed by atoms with E-state index in [1.54, 1.807) is 0 Å². The second-order valence-electron chi connectivity index (χ2n) is 5.67. The molecule has 104 valence electrons. The zero-order chi connectivity index (χ0) is 13.8. The van der Waals surface area contributed by atoms with Gasteiger partial charge in [0, 0.05) is 11.4 Å². The lowest BCUT2D eigenvalue weighted by Crippen LogP contribution is -2.55. The van der Waals surface area contributed by atoms with E-state index < -0.39 is 0 Å². The largest absolute Gasteiger partial charge is 0.323 e. The van der Waals surface area contributed by atoms with Crippen molar-refractivity contribution in [1.82, 2.24) is 0 Å². The maximum atomic E-state index is 6.79. The molecule has 20 heavy (non-hydrogen) atoms. The van der Waals surface area contributed by atoms with Crippen molar-refractivity contribution in [1.29, 1.82) is 0 Å². The summed E-state index contributed by atoms with van der Waals surface area (Å²) in [5, 5.41) is 0. The van der Waals surface area contributed by atoms with E-state index in [0.717, 1.165) is 12.8 Å². The summed E-state index contributed by atoms with van der Waals surface area (Å²) in [6.45, 7) is 0. The Morgan fingerprint density at radius 1 is 0.700 bits per heavy atom. The summed E-state index contributed by atoms with van der Waals surface area (Å²) in [6.07, 6.45) is 5.84. The Morgan fingerprint density at radius 2 is 1.15 bits per heavy atom. The summed E-state index contributed by atoms with van der Waals surface area (Å²) in [4.78, 5) is 2.33. The van der Waals surface area contributed by atoms with Gasteiger partial charge in [-0.3, -0.25) is 0 Å². The minimum absolute atomic E-state index is 0.263. The van der Waals surface area contributed by atoms with Gasteiger partial charge in [0.2, 0.25) is 0 Å². The second-order valence-corrected chi connectivity index (χ2v) is 5.67. The van der Waals surface area contributed by atoms with Gasteiger partial charge in [0.25, 0.3) is 0 Å². The van der Waals surface area contributed by atoms with Gasteiger partial charge in [-0.15, -0.1) is 0 Å². The molecule has 0 bridgehead atoms. The first-order valence-corrected chi connectivity index (χ1v) is 7.49. The molecule has 2 heteroatoms. The van der Waals surface area contributed by atoms with E-state index in [1.165, 1.54) is 30.6 Å². The fraction of sp³-hybridized carbons (Fsp3) is 0.333. The van der Waals surface area contributed by atoms with Crippen LogP contribution in [-0.2, 0) is 0 Å². The zero-order valence-corrected chi connectivity index (χ0v) is 11.8. The van der Waals surface area contributed by atoms with Crippen LogP contribution in [0.1, 0.15) is 32.1 Å². The summed E-state index contributed by atoms with van der Waals surface area (Å²) < 4.78 is 0. The smallest absolute Gasteiger partial charge is 0.0932 e. The van der Waals surface area contributed by atoms with Gasteiger partial charge in [-0.2, -0.15) is 0 Å². The molecule has 0 heterocycles. The van der Waals surface area contributed by atoms with E-state index in [9.17, 15) is 0 Å².